The molecule has 3 N–H and O–H groups in total. The van der Waals surface area contributed by atoms with Crippen molar-refractivity contribution in [2.75, 3.05) is 6.54 Å². The lowest BCUT2D eigenvalue weighted by Crippen LogP contribution is -2.32. The van der Waals surface area contributed by atoms with E-state index in [-0.39, 0.29) is 11.8 Å². The Kier molecular flexibility index (Phi) is 4.22. The van der Waals surface area contributed by atoms with Crippen LogP contribution in [0.3, 0.4) is 0 Å². The number of amides is 1. The van der Waals surface area contributed by atoms with Crippen LogP contribution in [-0.2, 0) is 19.1 Å². The monoisotopic (exact) mass is 364 g/mol. The number of H-pyrrole nitrogens is 1. The van der Waals surface area contributed by atoms with Crippen LogP contribution in [0, 0.1) is 5.92 Å². The van der Waals surface area contributed by atoms with E-state index in [1.165, 1.54) is 6.07 Å². The number of carbonyl (C=O) groups is 1. The fourth-order valence-corrected chi connectivity index (χ4v) is 3.43. The van der Waals surface area contributed by atoms with Crippen LogP contribution >= 0.6 is 0 Å². The maximum atomic E-state index is 13.0. The number of halogens is 3. The summed E-state index contributed by atoms with van der Waals surface area (Å²) in [7, 11) is 0. The Hall–Kier alpha value is -2.35. The molecule has 1 atom stereocenters. The van der Waals surface area contributed by atoms with E-state index in [2.05, 4.69) is 20.8 Å². The van der Waals surface area contributed by atoms with Crippen LogP contribution in [0.25, 0.3) is 0 Å². The molecule has 0 saturated heterocycles. The number of aromatic nitrogens is 2. The fourth-order valence-electron chi connectivity index (χ4n) is 3.43. The minimum atomic E-state index is -4.40. The molecule has 1 unspecified atom stereocenters. The van der Waals surface area contributed by atoms with Crippen LogP contribution in [0.5, 0.6) is 0 Å². The summed E-state index contributed by atoms with van der Waals surface area (Å²) < 4.78 is 39.0. The van der Waals surface area contributed by atoms with Crippen molar-refractivity contribution in [1.29, 1.82) is 0 Å². The van der Waals surface area contributed by atoms with E-state index in [1.807, 2.05) is 0 Å². The SMILES string of the molecule is O=C(NC(c1cccc(C(F)(F)F)c1)C1CC1)c1n[nH]c2c1CNCC2. The largest absolute Gasteiger partial charge is 0.416 e. The van der Waals surface area contributed by atoms with Gasteiger partial charge in [0.1, 0.15) is 0 Å². The average Bonchev–Trinajstić information content (AvgIpc) is 3.37. The molecule has 0 bridgehead atoms. The first-order valence-corrected chi connectivity index (χ1v) is 8.68. The molecule has 0 spiro atoms. The van der Waals surface area contributed by atoms with E-state index < -0.39 is 17.8 Å². The first-order chi connectivity index (χ1) is 12.4. The van der Waals surface area contributed by atoms with Crippen LogP contribution in [0.1, 0.15) is 51.8 Å². The van der Waals surface area contributed by atoms with Crippen LogP contribution in [0.4, 0.5) is 13.2 Å². The maximum absolute atomic E-state index is 13.0. The molecule has 2 aromatic rings. The molecule has 1 saturated carbocycles. The number of benzene rings is 1. The van der Waals surface area contributed by atoms with Gasteiger partial charge < -0.3 is 10.6 Å². The Morgan fingerprint density at radius 1 is 1.31 bits per heavy atom. The molecule has 1 aliphatic heterocycles. The highest BCUT2D eigenvalue weighted by molar-refractivity contribution is 5.94. The van der Waals surface area contributed by atoms with Crippen molar-refractivity contribution < 1.29 is 18.0 Å². The summed E-state index contributed by atoms with van der Waals surface area (Å²) in [5.74, 6) is -0.184. The number of alkyl halides is 3. The van der Waals surface area contributed by atoms with Gasteiger partial charge in [-0.2, -0.15) is 18.3 Å². The molecular formula is C18H19F3N4O. The highest BCUT2D eigenvalue weighted by atomic mass is 19.4. The molecule has 1 aliphatic carbocycles. The van der Waals surface area contributed by atoms with Gasteiger partial charge in [-0.15, -0.1) is 0 Å². The van der Waals surface area contributed by atoms with E-state index in [0.29, 0.717) is 17.8 Å². The summed E-state index contributed by atoms with van der Waals surface area (Å²) >= 11 is 0. The number of fused-ring (bicyclic) bond motifs is 1. The minimum absolute atomic E-state index is 0.162. The van der Waals surface area contributed by atoms with E-state index in [9.17, 15) is 18.0 Å². The van der Waals surface area contributed by atoms with Gasteiger partial charge >= 0.3 is 6.18 Å². The first-order valence-electron chi connectivity index (χ1n) is 8.68. The van der Waals surface area contributed by atoms with Crippen molar-refractivity contribution >= 4 is 5.91 Å². The molecule has 4 rings (SSSR count). The normalized spacial score (nSPS) is 18.3. The predicted octanol–water partition coefficient (Wildman–Crippen LogP) is 2.96. The van der Waals surface area contributed by atoms with Crippen LogP contribution in [-0.4, -0.2) is 22.6 Å². The van der Waals surface area contributed by atoms with Gasteiger partial charge in [0.05, 0.1) is 11.6 Å². The van der Waals surface area contributed by atoms with Crippen molar-refractivity contribution in [3.05, 3.63) is 52.3 Å². The molecular weight excluding hydrogens is 345 g/mol. The van der Waals surface area contributed by atoms with Gasteiger partial charge in [-0.1, -0.05) is 12.1 Å². The molecule has 2 aliphatic rings. The third-order valence-electron chi connectivity index (χ3n) is 4.97. The van der Waals surface area contributed by atoms with Crippen molar-refractivity contribution in [2.45, 2.75) is 38.0 Å². The molecule has 1 aromatic carbocycles. The zero-order valence-electron chi connectivity index (χ0n) is 14.0. The van der Waals surface area contributed by atoms with E-state index in [4.69, 9.17) is 0 Å². The summed E-state index contributed by atoms with van der Waals surface area (Å²) in [5.41, 5.74) is 1.89. The zero-order valence-corrected chi connectivity index (χ0v) is 14.0. The highest BCUT2D eigenvalue weighted by Gasteiger charge is 2.37. The topological polar surface area (TPSA) is 69.8 Å². The predicted molar refractivity (Wildman–Crippen MR) is 88.4 cm³/mol. The Morgan fingerprint density at radius 2 is 2.12 bits per heavy atom. The summed E-state index contributed by atoms with van der Waals surface area (Å²) in [6, 6.07) is 4.77. The molecule has 1 amide bonds. The summed E-state index contributed by atoms with van der Waals surface area (Å²) in [4.78, 5) is 12.7. The van der Waals surface area contributed by atoms with E-state index >= 15 is 0 Å². The molecule has 138 valence electrons. The minimum Gasteiger partial charge on any atom is -0.344 e. The third kappa shape index (κ3) is 3.33. The molecule has 0 radical (unpaired) electrons. The quantitative estimate of drug-likeness (QED) is 0.781. The third-order valence-corrected chi connectivity index (χ3v) is 4.97. The van der Waals surface area contributed by atoms with Gasteiger partial charge in [-0.05, 0) is 36.5 Å². The molecule has 1 aromatic heterocycles. The molecule has 5 nitrogen and oxygen atoms in total. The van der Waals surface area contributed by atoms with Crippen molar-refractivity contribution in [3.8, 4) is 0 Å². The maximum Gasteiger partial charge on any atom is 0.416 e. The van der Waals surface area contributed by atoms with Crippen molar-refractivity contribution in [2.24, 2.45) is 5.92 Å². The van der Waals surface area contributed by atoms with Crippen LogP contribution in [0.15, 0.2) is 24.3 Å². The zero-order chi connectivity index (χ0) is 18.3. The van der Waals surface area contributed by atoms with Crippen molar-refractivity contribution in [3.63, 3.8) is 0 Å². The van der Waals surface area contributed by atoms with Crippen molar-refractivity contribution in [1.82, 2.24) is 20.8 Å². The van der Waals surface area contributed by atoms with E-state index in [1.54, 1.807) is 6.07 Å². The number of rotatable bonds is 4. The lowest BCUT2D eigenvalue weighted by Gasteiger charge is -2.20. The number of nitrogens with zero attached hydrogens (tertiary/aromatic N) is 1. The van der Waals surface area contributed by atoms with Gasteiger partial charge in [-0.25, -0.2) is 0 Å². The first kappa shape index (κ1) is 17.1. The van der Waals surface area contributed by atoms with Gasteiger partial charge in [0, 0.05) is 30.8 Å². The second kappa shape index (κ2) is 6.42. The average molecular weight is 364 g/mol. The lowest BCUT2D eigenvalue weighted by atomic mass is 9.99. The Labute approximate surface area is 148 Å². The Bertz CT molecular complexity index is 826. The second-order valence-corrected chi connectivity index (χ2v) is 6.87. The van der Waals surface area contributed by atoms with Gasteiger partial charge in [-0.3, -0.25) is 9.89 Å². The van der Waals surface area contributed by atoms with Crippen LogP contribution in [0.2, 0.25) is 0 Å². The fraction of sp³-hybridized carbons (Fsp3) is 0.444. The second-order valence-electron chi connectivity index (χ2n) is 6.87. The molecule has 2 heterocycles. The standard InChI is InChI=1S/C18H19F3N4O/c19-18(20,21)12-3-1-2-11(8-12)15(10-4-5-10)23-17(26)16-13-9-22-7-6-14(13)24-25-16/h1-3,8,10,15,22H,4-7,9H2,(H,23,26)(H,24,25). The van der Waals surface area contributed by atoms with E-state index in [0.717, 1.165) is 49.2 Å². The Morgan fingerprint density at radius 3 is 2.85 bits per heavy atom. The number of hydrogen-bond donors (Lipinski definition) is 3. The number of aromatic amines is 1. The smallest absolute Gasteiger partial charge is 0.344 e. The Balaban J connectivity index is 1.58. The molecule has 1 fully saturated rings. The number of nitrogens with one attached hydrogen (secondary N) is 3. The van der Waals surface area contributed by atoms with Crippen LogP contribution < -0.4 is 10.6 Å². The molecule has 8 heteroatoms. The molecule has 26 heavy (non-hydrogen) atoms. The van der Waals surface area contributed by atoms with Gasteiger partial charge in [0.2, 0.25) is 0 Å². The summed E-state index contributed by atoms with van der Waals surface area (Å²) in [5, 5.41) is 13.1. The summed E-state index contributed by atoms with van der Waals surface area (Å²) in [6.45, 7) is 1.39. The van der Waals surface area contributed by atoms with Gasteiger partial charge in [0.15, 0.2) is 5.69 Å². The van der Waals surface area contributed by atoms with Gasteiger partial charge in [0.25, 0.3) is 5.91 Å². The number of hydrogen-bond acceptors (Lipinski definition) is 3. The lowest BCUT2D eigenvalue weighted by molar-refractivity contribution is -0.137. The number of carbonyl (C=O) groups excluding carboxylic acids is 1. The highest BCUT2D eigenvalue weighted by Crippen LogP contribution is 2.42. The summed E-state index contributed by atoms with van der Waals surface area (Å²) in [6.07, 6.45) is -1.85.